The van der Waals surface area contributed by atoms with Crippen molar-refractivity contribution in [3.05, 3.63) is 35.6 Å². The van der Waals surface area contributed by atoms with Crippen LogP contribution in [0.1, 0.15) is 84.1 Å². The first-order valence-corrected chi connectivity index (χ1v) is 15.0. The number of nitrogens with zero attached hydrogens (tertiary/aromatic N) is 1. The van der Waals surface area contributed by atoms with Crippen LogP contribution in [-0.4, -0.2) is 66.7 Å². The summed E-state index contributed by atoms with van der Waals surface area (Å²) in [6, 6.07) is 5.81. The molecule has 2 amide bonds. The molecule has 4 rings (SSSR count). The van der Waals surface area contributed by atoms with Gasteiger partial charge < -0.3 is 20.9 Å². The van der Waals surface area contributed by atoms with E-state index in [1.807, 2.05) is 25.7 Å². The lowest BCUT2D eigenvalue weighted by Gasteiger charge is -2.48. The molecule has 3 N–H and O–H groups in total. The molecule has 2 saturated heterocycles. The minimum absolute atomic E-state index is 0.00912. The maximum absolute atomic E-state index is 13.9. The summed E-state index contributed by atoms with van der Waals surface area (Å²) < 4.78 is 27.2. The molecule has 1 saturated carbocycles. The molecule has 0 bridgehead atoms. The van der Waals surface area contributed by atoms with E-state index in [-0.39, 0.29) is 34.6 Å². The summed E-state index contributed by atoms with van der Waals surface area (Å²) in [5.74, 6) is 0.359. The molecule has 3 aliphatic rings. The van der Waals surface area contributed by atoms with Crippen LogP contribution in [0.2, 0.25) is 0 Å². The number of carbonyl (C=O) groups excluding carboxylic acids is 2. The molecule has 0 aromatic heterocycles. The number of amides is 2. The molecule has 0 radical (unpaired) electrons. The lowest BCUT2D eigenvalue weighted by Crippen LogP contribution is -2.55. The third-order valence-electron chi connectivity index (χ3n) is 9.00. The maximum atomic E-state index is 13.9. The number of halogens is 2. The zero-order valence-corrected chi connectivity index (χ0v) is 24.0. The second-order valence-electron chi connectivity index (χ2n) is 13.2. The number of rotatable bonds is 9. The zero-order chi connectivity index (χ0) is 28.0. The molecule has 39 heavy (non-hydrogen) atoms. The largest absolute Gasteiger partial charge is 0.351 e. The van der Waals surface area contributed by atoms with Crippen molar-refractivity contribution in [2.45, 2.75) is 109 Å². The van der Waals surface area contributed by atoms with Crippen LogP contribution in [0, 0.1) is 17.2 Å². The second kappa shape index (κ2) is 13.1. The van der Waals surface area contributed by atoms with E-state index in [9.17, 15) is 18.4 Å². The van der Waals surface area contributed by atoms with Gasteiger partial charge in [-0.1, -0.05) is 31.4 Å². The molecule has 1 aromatic rings. The Labute approximate surface area is 233 Å². The van der Waals surface area contributed by atoms with Crippen LogP contribution in [0.15, 0.2) is 24.3 Å². The summed E-state index contributed by atoms with van der Waals surface area (Å²) in [5.41, 5.74) is 0.547. The van der Waals surface area contributed by atoms with Crippen molar-refractivity contribution in [3.8, 4) is 0 Å². The maximum Gasteiger partial charge on any atom is 0.240 e. The molecular weight excluding hydrogens is 498 g/mol. The van der Waals surface area contributed by atoms with Gasteiger partial charge in [-0.15, -0.1) is 0 Å². The van der Waals surface area contributed by atoms with E-state index in [0.29, 0.717) is 51.4 Å². The molecule has 0 spiro atoms. The van der Waals surface area contributed by atoms with Gasteiger partial charge in [0.1, 0.15) is 12.0 Å². The molecule has 3 atom stereocenters. The minimum atomic E-state index is -0.853. The number of hydrogen-bond acceptors (Lipinski definition) is 4. The van der Waals surface area contributed by atoms with Crippen LogP contribution in [0.3, 0.4) is 0 Å². The van der Waals surface area contributed by atoms with Crippen molar-refractivity contribution in [1.29, 1.82) is 0 Å². The molecular formula is C31H48F2N4O2. The van der Waals surface area contributed by atoms with Crippen molar-refractivity contribution < 1.29 is 18.4 Å². The number of likely N-dealkylation sites (tertiary alicyclic amines) is 1. The number of nitrogens with one attached hydrogen (secondary N) is 3. The molecule has 3 fully saturated rings. The summed E-state index contributed by atoms with van der Waals surface area (Å²) >= 11 is 0. The van der Waals surface area contributed by atoms with Crippen LogP contribution in [0.4, 0.5) is 8.78 Å². The van der Waals surface area contributed by atoms with E-state index >= 15 is 0 Å². The van der Waals surface area contributed by atoms with Crippen molar-refractivity contribution >= 4 is 11.8 Å². The van der Waals surface area contributed by atoms with Gasteiger partial charge in [-0.05, 0) is 88.3 Å². The average Bonchev–Trinajstić information content (AvgIpc) is 3.32. The lowest BCUT2D eigenvalue weighted by molar-refractivity contribution is -0.138. The van der Waals surface area contributed by atoms with Crippen LogP contribution in [-0.2, 0) is 16.0 Å². The first-order chi connectivity index (χ1) is 18.5. The van der Waals surface area contributed by atoms with Gasteiger partial charge in [-0.2, -0.15) is 0 Å². The van der Waals surface area contributed by atoms with Crippen molar-refractivity contribution in [3.63, 3.8) is 0 Å². The third-order valence-corrected chi connectivity index (χ3v) is 9.00. The summed E-state index contributed by atoms with van der Waals surface area (Å²) in [4.78, 5) is 28.9. The fraction of sp³-hybridized carbons (Fsp3) is 0.742. The summed E-state index contributed by atoms with van der Waals surface area (Å²) in [7, 11) is 0. The average molecular weight is 547 g/mol. The Kier molecular flexibility index (Phi) is 10.0. The summed E-state index contributed by atoms with van der Waals surface area (Å²) in [5, 5.41) is 9.76. The molecule has 6 nitrogen and oxygen atoms in total. The SMILES string of the molecule is CC(C)(C)NC(=O)CC1(C2CCCCC2)CCN(C(=O)[C@@H](Cc2ccc(F)cc2)NC[C@H]2C[C@H](F)CN2)CC1. The molecule has 218 valence electrons. The Bertz CT molecular complexity index is 950. The number of alkyl halides is 1. The highest BCUT2D eigenvalue weighted by Gasteiger charge is 2.44. The predicted octanol–water partition coefficient (Wildman–Crippen LogP) is 4.52. The normalized spacial score (nSPS) is 24.9. The third kappa shape index (κ3) is 8.46. The monoisotopic (exact) mass is 546 g/mol. The van der Waals surface area contributed by atoms with Gasteiger partial charge in [0.2, 0.25) is 11.8 Å². The highest BCUT2D eigenvalue weighted by atomic mass is 19.1. The Hall–Kier alpha value is -2.06. The molecule has 8 heteroatoms. The molecule has 1 aliphatic carbocycles. The lowest BCUT2D eigenvalue weighted by atomic mass is 9.62. The first-order valence-electron chi connectivity index (χ1n) is 15.0. The Morgan fingerprint density at radius 2 is 1.77 bits per heavy atom. The van der Waals surface area contributed by atoms with E-state index in [0.717, 1.165) is 31.2 Å². The topological polar surface area (TPSA) is 73.5 Å². The fourth-order valence-corrected chi connectivity index (χ4v) is 6.93. The van der Waals surface area contributed by atoms with E-state index in [1.54, 1.807) is 12.1 Å². The van der Waals surface area contributed by atoms with Crippen molar-refractivity contribution in [2.75, 3.05) is 26.2 Å². The van der Waals surface area contributed by atoms with Crippen LogP contribution < -0.4 is 16.0 Å². The van der Waals surface area contributed by atoms with Crippen LogP contribution in [0.25, 0.3) is 0 Å². The molecule has 2 heterocycles. The Morgan fingerprint density at radius 1 is 1.10 bits per heavy atom. The highest BCUT2D eigenvalue weighted by molar-refractivity contribution is 5.82. The van der Waals surface area contributed by atoms with Crippen molar-refractivity contribution in [1.82, 2.24) is 20.9 Å². The van der Waals surface area contributed by atoms with Gasteiger partial charge in [0.25, 0.3) is 0 Å². The van der Waals surface area contributed by atoms with E-state index in [2.05, 4.69) is 16.0 Å². The smallest absolute Gasteiger partial charge is 0.240 e. The highest BCUT2D eigenvalue weighted by Crippen LogP contribution is 2.48. The van der Waals surface area contributed by atoms with E-state index in [4.69, 9.17) is 0 Å². The van der Waals surface area contributed by atoms with Gasteiger partial charge in [0.05, 0.1) is 6.04 Å². The second-order valence-corrected chi connectivity index (χ2v) is 13.2. The predicted molar refractivity (Wildman–Crippen MR) is 151 cm³/mol. The quantitative estimate of drug-likeness (QED) is 0.426. The number of benzene rings is 1. The molecule has 0 unspecified atom stereocenters. The minimum Gasteiger partial charge on any atom is -0.351 e. The number of hydrogen-bond donors (Lipinski definition) is 3. The Morgan fingerprint density at radius 3 is 2.36 bits per heavy atom. The fourth-order valence-electron chi connectivity index (χ4n) is 6.93. The molecule has 1 aromatic carbocycles. The van der Waals surface area contributed by atoms with Gasteiger partial charge in [0.15, 0.2) is 0 Å². The van der Waals surface area contributed by atoms with Gasteiger partial charge in [-0.3, -0.25) is 9.59 Å². The van der Waals surface area contributed by atoms with E-state index < -0.39 is 12.2 Å². The van der Waals surface area contributed by atoms with Gasteiger partial charge in [0, 0.05) is 44.2 Å². The first kappa shape index (κ1) is 29.9. The number of carbonyl (C=O) groups is 2. The summed E-state index contributed by atoms with van der Waals surface area (Å²) in [6.07, 6.45) is 8.24. The van der Waals surface area contributed by atoms with Crippen LogP contribution >= 0.6 is 0 Å². The Balaban J connectivity index is 1.44. The van der Waals surface area contributed by atoms with Gasteiger partial charge >= 0.3 is 0 Å². The van der Waals surface area contributed by atoms with E-state index in [1.165, 1.54) is 31.4 Å². The van der Waals surface area contributed by atoms with Crippen molar-refractivity contribution in [2.24, 2.45) is 11.3 Å². The zero-order valence-electron chi connectivity index (χ0n) is 24.0. The standard InChI is InChI=1S/C31H48F2N4O2/c1-30(2,3)36-28(38)19-31(23-7-5-4-6-8-23)13-15-37(16-14-31)29(39)27(17-22-9-11-24(32)12-10-22)35-21-26-18-25(33)20-34-26/h9-12,23,25-27,34-35H,4-8,13-21H2,1-3H3,(H,36,38)/t25-,26+,27+/m0/s1. The van der Waals surface area contributed by atoms with Gasteiger partial charge in [-0.25, -0.2) is 8.78 Å². The molecule has 2 aliphatic heterocycles. The van der Waals surface area contributed by atoms with Crippen LogP contribution in [0.5, 0.6) is 0 Å². The number of piperidine rings is 1. The summed E-state index contributed by atoms with van der Waals surface area (Å²) in [6.45, 7) is 8.17.